The normalized spacial score (nSPS) is 13.3. The van der Waals surface area contributed by atoms with Crippen LogP contribution >= 0.6 is 0 Å². The minimum Gasteiger partial charge on any atom is -0.326 e. The predicted molar refractivity (Wildman–Crippen MR) is 83.9 cm³/mol. The average Bonchev–Trinajstić information content (AvgIpc) is 2.93. The average molecular weight is 298 g/mol. The second-order valence-corrected chi connectivity index (χ2v) is 5.45. The highest BCUT2D eigenvalue weighted by Gasteiger charge is 2.21. The zero-order valence-electron chi connectivity index (χ0n) is 12.4. The topological polar surface area (TPSA) is 86.9 Å². The smallest absolute Gasteiger partial charge is 0.276 e. The number of aryl methyl sites for hydroxylation is 1. The van der Waals surface area contributed by atoms with Gasteiger partial charge in [0.05, 0.1) is 0 Å². The number of nitrogens with zero attached hydrogens (tertiary/aromatic N) is 1. The quantitative estimate of drug-likeness (QED) is 0.813. The lowest BCUT2D eigenvalue weighted by Gasteiger charge is -2.11. The molecule has 0 spiro atoms. The summed E-state index contributed by atoms with van der Waals surface area (Å²) in [5, 5.41) is 12.6. The van der Waals surface area contributed by atoms with E-state index in [0.29, 0.717) is 17.1 Å². The Balaban J connectivity index is 1.71. The van der Waals surface area contributed by atoms with Crippen molar-refractivity contribution < 1.29 is 9.59 Å². The Kier molecular flexibility index (Phi) is 3.91. The van der Waals surface area contributed by atoms with Crippen LogP contribution in [0.5, 0.6) is 0 Å². The number of fused-ring (bicyclic) bond motifs is 1. The lowest BCUT2D eigenvalue weighted by atomic mass is 9.96. The summed E-state index contributed by atoms with van der Waals surface area (Å²) in [5.74, 6) is -0.327. The summed E-state index contributed by atoms with van der Waals surface area (Å²) >= 11 is 0. The number of hydrogen-bond acceptors (Lipinski definition) is 3. The number of rotatable bonds is 3. The summed E-state index contributed by atoms with van der Waals surface area (Å²) in [4.78, 5) is 23.3. The molecule has 1 aromatic heterocycles. The summed E-state index contributed by atoms with van der Waals surface area (Å²) < 4.78 is 0. The molecule has 1 heterocycles. The molecule has 0 bridgehead atoms. The number of anilines is 2. The van der Waals surface area contributed by atoms with E-state index in [1.165, 1.54) is 6.92 Å². The van der Waals surface area contributed by atoms with E-state index in [1.54, 1.807) is 24.3 Å². The zero-order valence-corrected chi connectivity index (χ0v) is 12.4. The number of H-pyrrole nitrogens is 1. The van der Waals surface area contributed by atoms with Crippen LogP contribution < -0.4 is 10.6 Å². The third-order valence-electron chi connectivity index (χ3n) is 3.73. The third-order valence-corrected chi connectivity index (χ3v) is 3.73. The first-order valence-corrected chi connectivity index (χ1v) is 7.38. The van der Waals surface area contributed by atoms with E-state index < -0.39 is 0 Å². The minimum absolute atomic E-state index is 0.125. The van der Waals surface area contributed by atoms with Crippen molar-refractivity contribution in [3.63, 3.8) is 0 Å². The third kappa shape index (κ3) is 3.00. The molecule has 2 amide bonds. The van der Waals surface area contributed by atoms with Crippen LogP contribution in [0.15, 0.2) is 24.3 Å². The number of carbonyl (C=O) groups is 2. The Morgan fingerprint density at radius 2 is 1.68 bits per heavy atom. The zero-order chi connectivity index (χ0) is 15.5. The fraction of sp³-hybridized carbons (Fsp3) is 0.312. The molecule has 0 saturated heterocycles. The van der Waals surface area contributed by atoms with Gasteiger partial charge in [0.25, 0.3) is 5.91 Å². The summed E-state index contributed by atoms with van der Waals surface area (Å²) in [7, 11) is 0. The number of carbonyl (C=O) groups excluding carboxylic acids is 2. The molecule has 0 unspecified atom stereocenters. The number of aromatic amines is 1. The maximum Gasteiger partial charge on any atom is 0.276 e. The van der Waals surface area contributed by atoms with Gasteiger partial charge in [-0.15, -0.1) is 0 Å². The molecule has 6 nitrogen and oxygen atoms in total. The standard InChI is InChI=1S/C16H18N4O2/c1-10(21)17-11-6-8-12(9-7-11)18-16(22)15-13-4-2-3-5-14(13)19-20-15/h6-9H,2-5H2,1H3,(H,17,21)(H,18,22)(H,19,20). The molecule has 0 radical (unpaired) electrons. The van der Waals surface area contributed by atoms with Crippen LogP contribution in [0, 0.1) is 0 Å². The van der Waals surface area contributed by atoms with Crippen molar-refractivity contribution in [3.05, 3.63) is 41.2 Å². The van der Waals surface area contributed by atoms with Crippen molar-refractivity contribution >= 4 is 23.2 Å². The van der Waals surface area contributed by atoms with Gasteiger partial charge < -0.3 is 10.6 Å². The van der Waals surface area contributed by atoms with Crippen molar-refractivity contribution in [2.75, 3.05) is 10.6 Å². The first-order chi connectivity index (χ1) is 10.6. The summed E-state index contributed by atoms with van der Waals surface area (Å²) in [5.41, 5.74) is 3.98. The van der Waals surface area contributed by atoms with Crippen LogP contribution in [-0.2, 0) is 17.6 Å². The molecule has 114 valence electrons. The Hall–Kier alpha value is -2.63. The highest BCUT2D eigenvalue weighted by Crippen LogP contribution is 2.23. The van der Waals surface area contributed by atoms with Gasteiger partial charge >= 0.3 is 0 Å². The fourth-order valence-corrected chi connectivity index (χ4v) is 2.70. The maximum atomic E-state index is 12.3. The molecule has 1 aromatic carbocycles. The summed E-state index contributed by atoms with van der Waals surface area (Å²) in [6.07, 6.45) is 4.09. The minimum atomic E-state index is -0.202. The van der Waals surface area contributed by atoms with E-state index in [0.717, 1.165) is 36.9 Å². The van der Waals surface area contributed by atoms with Crippen LogP contribution in [0.2, 0.25) is 0 Å². The van der Waals surface area contributed by atoms with Crippen LogP contribution in [0.4, 0.5) is 11.4 Å². The molecule has 22 heavy (non-hydrogen) atoms. The van der Waals surface area contributed by atoms with Gasteiger partial charge in [-0.1, -0.05) is 0 Å². The number of nitrogens with one attached hydrogen (secondary N) is 3. The molecular weight excluding hydrogens is 280 g/mol. The Labute approximate surface area is 128 Å². The van der Waals surface area contributed by atoms with Crippen molar-refractivity contribution in [1.29, 1.82) is 0 Å². The maximum absolute atomic E-state index is 12.3. The van der Waals surface area contributed by atoms with Gasteiger partial charge in [-0.25, -0.2) is 0 Å². The lowest BCUT2D eigenvalue weighted by molar-refractivity contribution is -0.114. The molecule has 1 aliphatic rings. The van der Waals surface area contributed by atoms with Gasteiger partial charge in [0.1, 0.15) is 0 Å². The molecule has 3 rings (SSSR count). The van der Waals surface area contributed by atoms with Crippen LogP contribution in [0.3, 0.4) is 0 Å². The Bertz CT molecular complexity index is 703. The van der Waals surface area contributed by atoms with E-state index in [9.17, 15) is 9.59 Å². The molecule has 1 aliphatic carbocycles. The SMILES string of the molecule is CC(=O)Nc1ccc(NC(=O)c2n[nH]c3c2CCCC3)cc1. The van der Waals surface area contributed by atoms with Gasteiger partial charge in [-0.3, -0.25) is 14.7 Å². The van der Waals surface area contributed by atoms with Gasteiger partial charge in [0, 0.05) is 29.6 Å². The van der Waals surface area contributed by atoms with Crippen LogP contribution in [-0.4, -0.2) is 22.0 Å². The van der Waals surface area contributed by atoms with Crippen molar-refractivity contribution in [3.8, 4) is 0 Å². The van der Waals surface area contributed by atoms with Crippen molar-refractivity contribution in [1.82, 2.24) is 10.2 Å². The van der Waals surface area contributed by atoms with E-state index in [4.69, 9.17) is 0 Å². The Morgan fingerprint density at radius 3 is 2.36 bits per heavy atom. The van der Waals surface area contributed by atoms with E-state index in [2.05, 4.69) is 20.8 Å². The lowest BCUT2D eigenvalue weighted by Crippen LogP contribution is -2.15. The van der Waals surface area contributed by atoms with Gasteiger partial charge in [-0.05, 0) is 49.9 Å². The fourth-order valence-electron chi connectivity index (χ4n) is 2.70. The predicted octanol–water partition coefficient (Wildman–Crippen LogP) is 2.50. The molecule has 0 atom stereocenters. The number of aromatic nitrogens is 2. The number of benzene rings is 1. The van der Waals surface area contributed by atoms with E-state index in [-0.39, 0.29) is 11.8 Å². The monoisotopic (exact) mass is 298 g/mol. The number of amides is 2. The second kappa shape index (κ2) is 6.01. The molecule has 2 aromatic rings. The van der Waals surface area contributed by atoms with Crippen molar-refractivity contribution in [2.24, 2.45) is 0 Å². The molecule has 0 aliphatic heterocycles. The van der Waals surface area contributed by atoms with Gasteiger partial charge in [0.15, 0.2) is 5.69 Å². The van der Waals surface area contributed by atoms with Crippen LogP contribution in [0.25, 0.3) is 0 Å². The second-order valence-electron chi connectivity index (χ2n) is 5.45. The van der Waals surface area contributed by atoms with Crippen molar-refractivity contribution in [2.45, 2.75) is 32.6 Å². The molecular formula is C16H18N4O2. The first-order valence-electron chi connectivity index (χ1n) is 7.38. The molecule has 0 fully saturated rings. The summed E-state index contributed by atoms with van der Waals surface area (Å²) in [6.45, 7) is 1.45. The Morgan fingerprint density at radius 1 is 1.05 bits per heavy atom. The summed E-state index contributed by atoms with van der Waals surface area (Å²) in [6, 6.07) is 7.00. The van der Waals surface area contributed by atoms with Gasteiger partial charge in [0.2, 0.25) is 5.91 Å². The highest BCUT2D eigenvalue weighted by atomic mass is 16.2. The van der Waals surface area contributed by atoms with Crippen LogP contribution in [0.1, 0.15) is 41.5 Å². The molecule has 0 saturated carbocycles. The molecule has 3 N–H and O–H groups in total. The highest BCUT2D eigenvalue weighted by molar-refractivity contribution is 6.04. The van der Waals surface area contributed by atoms with E-state index in [1.807, 2.05) is 0 Å². The van der Waals surface area contributed by atoms with Gasteiger partial charge in [-0.2, -0.15) is 5.10 Å². The van der Waals surface area contributed by atoms with E-state index >= 15 is 0 Å². The number of hydrogen-bond donors (Lipinski definition) is 3. The molecule has 6 heteroatoms. The largest absolute Gasteiger partial charge is 0.326 e. The first kappa shape index (κ1) is 14.3.